The van der Waals surface area contributed by atoms with E-state index in [1.807, 2.05) is 18.3 Å². The molecule has 0 spiro atoms. The lowest BCUT2D eigenvalue weighted by Gasteiger charge is -1.90. The minimum absolute atomic E-state index is 0.887. The van der Waals surface area contributed by atoms with Crippen LogP contribution in [0, 0.1) is 0 Å². The molecule has 68 valence electrons. The average molecular weight is 202 g/mol. The number of rotatable bonds is 1. The molecule has 0 amide bonds. The van der Waals surface area contributed by atoms with E-state index in [2.05, 4.69) is 20.2 Å². The fourth-order valence-corrected chi connectivity index (χ4v) is 2.01. The Morgan fingerprint density at radius 3 is 3.21 bits per heavy atom. The maximum atomic E-state index is 4.21. The smallest absolute Gasteiger partial charge is 0.149 e. The Balaban J connectivity index is 2.33. The van der Waals surface area contributed by atoms with Crippen LogP contribution in [0.5, 0.6) is 0 Å². The lowest BCUT2D eigenvalue weighted by Crippen LogP contribution is -1.75. The highest BCUT2D eigenvalue weighted by atomic mass is 32.1. The molecule has 0 saturated heterocycles. The summed E-state index contributed by atoms with van der Waals surface area (Å²) in [5.41, 5.74) is 3.68. The number of nitrogens with one attached hydrogen (secondary N) is 1. The Hall–Kier alpha value is -1.75. The Bertz CT molecular complexity index is 555. The molecule has 3 rings (SSSR count). The third-order valence-electron chi connectivity index (χ3n) is 2.04. The van der Waals surface area contributed by atoms with Gasteiger partial charge in [-0.25, -0.2) is 4.98 Å². The van der Waals surface area contributed by atoms with Gasteiger partial charge in [-0.2, -0.15) is 0 Å². The van der Waals surface area contributed by atoms with E-state index in [-0.39, 0.29) is 0 Å². The van der Waals surface area contributed by atoms with Gasteiger partial charge in [0.05, 0.1) is 0 Å². The largest absolute Gasteiger partial charge is 0.345 e. The second-order valence-corrected chi connectivity index (χ2v) is 3.68. The molecule has 5 heteroatoms. The number of hydrogen-bond donors (Lipinski definition) is 1. The zero-order chi connectivity index (χ0) is 9.38. The van der Waals surface area contributed by atoms with Gasteiger partial charge in [0.1, 0.15) is 16.2 Å². The molecule has 0 saturated carbocycles. The van der Waals surface area contributed by atoms with Crippen molar-refractivity contribution in [2.75, 3.05) is 0 Å². The molecule has 0 atom stereocenters. The summed E-state index contributed by atoms with van der Waals surface area (Å²) < 4.78 is 0. The van der Waals surface area contributed by atoms with Crippen molar-refractivity contribution in [1.82, 2.24) is 20.2 Å². The molecule has 1 N–H and O–H groups in total. The van der Waals surface area contributed by atoms with Crippen molar-refractivity contribution in [2.24, 2.45) is 0 Å². The van der Waals surface area contributed by atoms with Crippen LogP contribution >= 0.6 is 11.3 Å². The molecule has 0 bridgehead atoms. The van der Waals surface area contributed by atoms with Crippen molar-refractivity contribution in [3.8, 4) is 10.6 Å². The van der Waals surface area contributed by atoms with E-state index in [1.165, 1.54) is 11.3 Å². The number of aromatic amines is 1. The molecule has 0 unspecified atom stereocenters. The summed E-state index contributed by atoms with van der Waals surface area (Å²) in [5, 5.41) is 9.86. The van der Waals surface area contributed by atoms with Crippen LogP contribution in [-0.4, -0.2) is 20.2 Å². The monoisotopic (exact) mass is 202 g/mol. The van der Waals surface area contributed by atoms with Gasteiger partial charge in [0.15, 0.2) is 0 Å². The van der Waals surface area contributed by atoms with Gasteiger partial charge in [0.2, 0.25) is 0 Å². The summed E-state index contributed by atoms with van der Waals surface area (Å²) in [6.45, 7) is 0. The zero-order valence-corrected chi connectivity index (χ0v) is 7.95. The van der Waals surface area contributed by atoms with Gasteiger partial charge in [0.25, 0.3) is 0 Å². The molecule has 0 aliphatic heterocycles. The SMILES string of the molecule is c1cnc2[nH]cc(-c3nncs3)c2c1. The van der Waals surface area contributed by atoms with E-state index in [0.29, 0.717) is 0 Å². The van der Waals surface area contributed by atoms with Gasteiger partial charge in [-0.15, -0.1) is 10.2 Å². The summed E-state index contributed by atoms with van der Waals surface area (Å²) in [4.78, 5) is 7.32. The summed E-state index contributed by atoms with van der Waals surface area (Å²) in [5.74, 6) is 0. The van der Waals surface area contributed by atoms with Gasteiger partial charge >= 0.3 is 0 Å². The van der Waals surface area contributed by atoms with Crippen molar-refractivity contribution < 1.29 is 0 Å². The van der Waals surface area contributed by atoms with E-state index < -0.39 is 0 Å². The highest BCUT2D eigenvalue weighted by molar-refractivity contribution is 7.12. The lowest BCUT2D eigenvalue weighted by molar-refractivity contribution is 1.10. The van der Waals surface area contributed by atoms with Crippen molar-refractivity contribution >= 4 is 22.4 Å². The second kappa shape index (κ2) is 2.88. The van der Waals surface area contributed by atoms with Crippen LogP contribution in [0.25, 0.3) is 21.6 Å². The normalized spacial score (nSPS) is 10.9. The van der Waals surface area contributed by atoms with Crippen LogP contribution in [0.15, 0.2) is 30.0 Å². The van der Waals surface area contributed by atoms with Crippen LogP contribution in [0.2, 0.25) is 0 Å². The van der Waals surface area contributed by atoms with Crippen molar-refractivity contribution in [3.63, 3.8) is 0 Å². The fourth-order valence-electron chi connectivity index (χ4n) is 1.42. The number of hydrogen-bond acceptors (Lipinski definition) is 4. The molecule has 3 heterocycles. The summed E-state index contributed by atoms with van der Waals surface area (Å²) in [6, 6.07) is 3.94. The van der Waals surface area contributed by atoms with Crippen LogP contribution in [0.4, 0.5) is 0 Å². The van der Waals surface area contributed by atoms with Crippen LogP contribution in [-0.2, 0) is 0 Å². The molecule has 14 heavy (non-hydrogen) atoms. The number of pyridine rings is 1. The van der Waals surface area contributed by atoms with Crippen LogP contribution in [0.3, 0.4) is 0 Å². The third kappa shape index (κ3) is 1.03. The van der Waals surface area contributed by atoms with Crippen molar-refractivity contribution in [3.05, 3.63) is 30.0 Å². The first-order valence-electron chi connectivity index (χ1n) is 4.14. The average Bonchev–Trinajstić information content (AvgIpc) is 2.85. The molecule has 3 aromatic rings. The fraction of sp³-hybridized carbons (Fsp3) is 0. The first kappa shape index (κ1) is 7.64. The van der Waals surface area contributed by atoms with Crippen LogP contribution < -0.4 is 0 Å². The van der Waals surface area contributed by atoms with Gasteiger partial charge in [-0.3, -0.25) is 0 Å². The zero-order valence-electron chi connectivity index (χ0n) is 7.14. The summed E-state index contributed by atoms with van der Waals surface area (Å²) in [7, 11) is 0. The minimum Gasteiger partial charge on any atom is -0.345 e. The van der Waals surface area contributed by atoms with Crippen molar-refractivity contribution in [2.45, 2.75) is 0 Å². The van der Waals surface area contributed by atoms with Gasteiger partial charge in [0, 0.05) is 23.3 Å². The van der Waals surface area contributed by atoms with Crippen LogP contribution in [0.1, 0.15) is 0 Å². The Morgan fingerprint density at radius 1 is 1.36 bits per heavy atom. The van der Waals surface area contributed by atoms with E-state index in [4.69, 9.17) is 0 Å². The molecule has 0 aliphatic carbocycles. The quantitative estimate of drug-likeness (QED) is 0.657. The maximum Gasteiger partial charge on any atom is 0.149 e. The first-order valence-corrected chi connectivity index (χ1v) is 5.02. The molecular weight excluding hydrogens is 196 g/mol. The van der Waals surface area contributed by atoms with E-state index in [1.54, 1.807) is 11.7 Å². The highest BCUT2D eigenvalue weighted by Gasteiger charge is 2.08. The number of aromatic nitrogens is 4. The topological polar surface area (TPSA) is 54.5 Å². The number of fused-ring (bicyclic) bond motifs is 1. The van der Waals surface area contributed by atoms with Crippen molar-refractivity contribution in [1.29, 1.82) is 0 Å². The maximum absolute atomic E-state index is 4.21. The summed E-state index contributed by atoms with van der Waals surface area (Å²) in [6.07, 6.45) is 3.68. The molecule has 0 aliphatic rings. The lowest BCUT2D eigenvalue weighted by atomic mass is 10.2. The third-order valence-corrected chi connectivity index (χ3v) is 2.77. The van der Waals surface area contributed by atoms with E-state index in [9.17, 15) is 0 Å². The number of H-pyrrole nitrogens is 1. The molecule has 0 fully saturated rings. The highest BCUT2D eigenvalue weighted by Crippen LogP contribution is 2.27. The first-order chi connectivity index (χ1) is 6.95. The molecular formula is C9H6N4S. The molecule has 0 radical (unpaired) electrons. The molecule has 0 aromatic carbocycles. The predicted molar refractivity (Wildman–Crippen MR) is 55.0 cm³/mol. The van der Waals surface area contributed by atoms with E-state index in [0.717, 1.165) is 21.6 Å². The molecule has 3 aromatic heterocycles. The minimum atomic E-state index is 0.887. The summed E-state index contributed by atoms with van der Waals surface area (Å²) >= 11 is 1.53. The van der Waals surface area contributed by atoms with Gasteiger partial charge in [-0.05, 0) is 12.1 Å². The van der Waals surface area contributed by atoms with Gasteiger partial charge in [-0.1, -0.05) is 11.3 Å². The van der Waals surface area contributed by atoms with Gasteiger partial charge < -0.3 is 4.98 Å². The Kier molecular flexibility index (Phi) is 1.57. The Morgan fingerprint density at radius 2 is 2.36 bits per heavy atom. The molecule has 4 nitrogen and oxygen atoms in total. The Labute approximate surface area is 83.6 Å². The van der Waals surface area contributed by atoms with E-state index >= 15 is 0 Å². The second-order valence-electron chi connectivity index (χ2n) is 2.85. The standard InChI is InChI=1S/C9H6N4S/c1-2-6-7(9-13-12-5-14-9)4-11-8(6)10-3-1/h1-5H,(H,10,11). The predicted octanol–water partition coefficient (Wildman–Crippen LogP) is 2.08. The number of nitrogens with zero attached hydrogens (tertiary/aromatic N) is 3.